The van der Waals surface area contributed by atoms with Gasteiger partial charge in [0, 0.05) is 0 Å². The van der Waals surface area contributed by atoms with Crippen molar-refractivity contribution < 1.29 is 9.22 Å². The number of hydrogen-bond acceptors (Lipinski definition) is 1. The zero-order valence-corrected chi connectivity index (χ0v) is 22.2. The summed E-state index contributed by atoms with van der Waals surface area (Å²) >= 11 is 0. The molecular formula is C28H54NO+. The Bertz CT molecular complexity index is 504. The molecule has 30 heavy (non-hydrogen) atoms. The van der Waals surface area contributed by atoms with Crippen LogP contribution in [-0.2, 0) is 4.74 Å². The molecule has 1 saturated heterocycles. The zero-order valence-electron chi connectivity index (χ0n) is 22.2. The first-order valence-electron chi connectivity index (χ1n) is 12.3. The summed E-state index contributed by atoms with van der Waals surface area (Å²) in [6.45, 7) is 30.0. The smallest absolute Gasteiger partial charge is 0.103 e. The van der Waals surface area contributed by atoms with E-state index in [1.165, 1.54) is 12.8 Å². The molecule has 0 atom stereocenters. The standard InChI is InChI=1S/C28H54NO/c1-25(2,3)23-27(7,8)15-11-13-17-29(19-21-30-22-20-29)18-14-12-16-28(9,10)24-26(4,5)6/h11-14H,15-24H2,1-10H3/q+1. The quantitative estimate of drug-likeness (QED) is 0.260. The summed E-state index contributed by atoms with van der Waals surface area (Å²) < 4.78 is 6.84. The van der Waals surface area contributed by atoms with Gasteiger partial charge in [-0.2, -0.15) is 0 Å². The van der Waals surface area contributed by atoms with Gasteiger partial charge in [-0.25, -0.2) is 0 Å². The molecule has 0 aromatic heterocycles. The largest absolute Gasteiger partial charge is 0.370 e. The van der Waals surface area contributed by atoms with Gasteiger partial charge < -0.3 is 9.22 Å². The van der Waals surface area contributed by atoms with E-state index in [-0.39, 0.29) is 0 Å². The van der Waals surface area contributed by atoms with E-state index in [1.54, 1.807) is 0 Å². The fourth-order valence-corrected chi connectivity index (χ4v) is 5.59. The summed E-state index contributed by atoms with van der Waals surface area (Å²) in [5.74, 6) is 0. The Balaban J connectivity index is 2.63. The molecule has 0 aromatic rings. The van der Waals surface area contributed by atoms with Crippen LogP contribution in [0.5, 0.6) is 0 Å². The average molecular weight is 421 g/mol. The van der Waals surface area contributed by atoms with Gasteiger partial charge in [0.1, 0.15) is 13.1 Å². The molecule has 1 aliphatic heterocycles. The molecule has 176 valence electrons. The molecule has 0 amide bonds. The fraction of sp³-hybridized carbons (Fsp3) is 0.857. The number of nitrogens with zero attached hydrogens (tertiary/aromatic N) is 1. The van der Waals surface area contributed by atoms with Crippen LogP contribution in [0.15, 0.2) is 24.3 Å². The summed E-state index contributed by atoms with van der Waals surface area (Å²) in [4.78, 5) is 0. The molecule has 1 fully saturated rings. The number of rotatable bonds is 10. The first-order valence-corrected chi connectivity index (χ1v) is 12.3. The van der Waals surface area contributed by atoms with Crippen molar-refractivity contribution in [3.05, 3.63) is 24.3 Å². The third-order valence-corrected chi connectivity index (χ3v) is 6.10. The highest BCUT2D eigenvalue weighted by Crippen LogP contribution is 2.37. The second kappa shape index (κ2) is 10.8. The maximum Gasteiger partial charge on any atom is 0.103 e. The highest BCUT2D eigenvalue weighted by Gasteiger charge is 2.29. The van der Waals surface area contributed by atoms with Crippen LogP contribution >= 0.6 is 0 Å². The minimum atomic E-state index is 0.364. The van der Waals surface area contributed by atoms with Gasteiger partial charge in [-0.05, 0) is 59.5 Å². The maximum atomic E-state index is 5.69. The Labute approximate surface area is 189 Å². The highest BCUT2D eigenvalue weighted by molar-refractivity contribution is 4.92. The second-order valence-corrected chi connectivity index (χ2v) is 13.9. The average Bonchev–Trinajstić information content (AvgIpc) is 2.52. The van der Waals surface area contributed by atoms with Gasteiger partial charge in [-0.3, -0.25) is 0 Å². The van der Waals surface area contributed by atoms with E-state index in [0.717, 1.165) is 56.7 Å². The Hall–Kier alpha value is -0.600. The number of morpholine rings is 1. The topological polar surface area (TPSA) is 9.23 Å². The fourth-order valence-electron chi connectivity index (χ4n) is 5.59. The van der Waals surface area contributed by atoms with Crippen LogP contribution in [-0.4, -0.2) is 43.9 Å². The molecule has 0 saturated carbocycles. The van der Waals surface area contributed by atoms with Crippen molar-refractivity contribution in [2.75, 3.05) is 39.4 Å². The molecule has 0 unspecified atom stereocenters. The molecule has 0 N–H and O–H groups in total. The minimum absolute atomic E-state index is 0.364. The SMILES string of the molecule is CC(C)(C)CC(C)(C)CC=CC[N+]1(CC=CCC(C)(C)CC(C)(C)C)CCOCC1. The van der Waals surface area contributed by atoms with Gasteiger partial charge in [0.15, 0.2) is 0 Å². The molecule has 2 heteroatoms. The zero-order chi connectivity index (χ0) is 23.1. The van der Waals surface area contributed by atoms with Crippen molar-refractivity contribution in [1.29, 1.82) is 0 Å². The first-order chi connectivity index (χ1) is 13.5. The van der Waals surface area contributed by atoms with Crippen molar-refractivity contribution in [2.45, 2.75) is 94.9 Å². The summed E-state index contributed by atoms with van der Waals surface area (Å²) in [6, 6.07) is 0. The lowest BCUT2D eigenvalue weighted by atomic mass is 9.74. The third kappa shape index (κ3) is 12.3. The Morgan fingerprint density at radius 3 is 1.30 bits per heavy atom. The van der Waals surface area contributed by atoms with Gasteiger partial charge in [-0.1, -0.05) is 81.4 Å². The molecule has 0 aromatic carbocycles. The molecule has 0 spiro atoms. The summed E-state index contributed by atoms with van der Waals surface area (Å²) in [6.07, 6.45) is 14.6. The number of allylic oxidation sites excluding steroid dienone is 2. The summed E-state index contributed by atoms with van der Waals surface area (Å²) in [5.41, 5.74) is 1.51. The molecule has 1 aliphatic rings. The van der Waals surface area contributed by atoms with E-state index in [2.05, 4.69) is 93.5 Å². The van der Waals surface area contributed by atoms with E-state index >= 15 is 0 Å². The normalized spacial score (nSPS) is 19.1. The first kappa shape index (κ1) is 27.4. The van der Waals surface area contributed by atoms with Gasteiger partial charge in [0.2, 0.25) is 0 Å². The minimum Gasteiger partial charge on any atom is -0.370 e. The molecule has 1 rings (SSSR count). The Morgan fingerprint density at radius 1 is 0.600 bits per heavy atom. The van der Waals surface area contributed by atoms with Crippen LogP contribution in [0.1, 0.15) is 94.9 Å². The van der Waals surface area contributed by atoms with E-state index < -0.39 is 0 Å². The van der Waals surface area contributed by atoms with E-state index in [1.807, 2.05) is 0 Å². The lowest BCUT2D eigenvalue weighted by molar-refractivity contribution is -0.924. The predicted molar refractivity (Wildman–Crippen MR) is 134 cm³/mol. The van der Waals surface area contributed by atoms with Crippen LogP contribution < -0.4 is 0 Å². The van der Waals surface area contributed by atoms with E-state index in [4.69, 9.17) is 4.74 Å². The van der Waals surface area contributed by atoms with Crippen LogP contribution in [0.3, 0.4) is 0 Å². The molecule has 0 radical (unpaired) electrons. The molecular weight excluding hydrogens is 366 g/mol. The van der Waals surface area contributed by atoms with Crippen molar-refractivity contribution in [1.82, 2.24) is 0 Å². The van der Waals surface area contributed by atoms with Crippen LogP contribution in [0.25, 0.3) is 0 Å². The molecule has 1 heterocycles. The van der Waals surface area contributed by atoms with E-state index in [0.29, 0.717) is 21.7 Å². The molecule has 2 nitrogen and oxygen atoms in total. The van der Waals surface area contributed by atoms with Crippen molar-refractivity contribution in [2.24, 2.45) is 21.7 Å². The second-order valence-electron chi connectivity index (χ2n) is 13.9. The van der Waals surface area contributed by atoms with Crippen molar-refractivity contribution >= 4 is 0 Å². The summed E-state index contributed by atoms with van der Waals surface area (Å²) in [5, 5.41) is 0. The lowest BCUT2D eigenvalue weighted by Crippen LogP contribution is -2.55. The van der Waals surface area contributed by atoms with Crippen molar-refractivity contribution in [3.8, 4) is 0 Å². The van der Waals surface area contributed by atoms with Gasteiger partial charge >= 0.3 is 0 Å². The monoisotopic (exact) mass is 420 g/mol. The summed E-state index contributed by atoms with van der Waals surface area (Å²) in [7, 11) is 0. The van der Waals surface area contributed by atoms with Crippen LogP contribution in [0, 0.1) is 21.7 Å². The molecule has 0 aliphatic carbocycles. The van der Waals surface area contributed by atoms with Crippen molar-refractivity contribution in [3.63, 3.8) is 0 Å². The number of ether oxygens (including phenoxy) is 1. The Morgan fingerprint density at radius 2 is 0.967 bits per heavy atom. The molecule has 0 bridgehead atoms. The van der Waals surface area contributed by atoms with Gasteiger partial charge in [0.25, 0.3) is 0 Å². The number of hydrogen-bond donors (Lipinski definition) is 0. The highest BCUT2D eigenvalue weighted by atomic mass is 16.5. The maximum absolute atomic E-state index is 5.69. The van der Waals surface area contributed by atoms with Gasteiger partial charge in [0.05, 0.1) is 26.3 Å². The third-order valence-electron chi connectivity index (χ3n) is 6.10. The van der Waals surface area contributed by atoms with Gasteiger partial charge in [-0.15, -0.1) is 0 Å². The van der Waals surface area contributed by atoms with Crippen LogP contribution in [0.2, 0.25) is 0 Å². The Kier molecular flexibility index (Phi) is 9.89. The van der Waals surface area contributed by atoms with E-state index in [9.17, 15) is 0 Å². The number of quaternary nitrogens is 1. The predicted octanol–water partition coefficient (Wildman–Crippen LogP) is 7.65. The lowest BCUT2D eigenvalue weighted by Gasteiger charge is -2.40. The van der Waals surface area contributed by atoms with Crippen LogP contribution in [0.4, 0.5) is 0 Å².